The van der Waals surface area contributed by atoms with Crippen molar-refractivity contribution in [3.05, 3.63) is 39.4 Å². The highest BCUT2D eigenvalue weighted by atomic mass is 16.6. The molecule has 0 aromatic heterocycles. The van der Waals surface area contributed by atoms with Gasteiger partial charge >= 0.3 is 0 Å². The molecule has 2 N–H and O–H groups in total. The Kier molecular flexibility index (Phi) is 4.61. The van der Waals surface area contributed by atoms with Gasteiger partial charge in [0.15, 0.2) is 0 Å². The van der Waals surface area contributed by atoms with E-state index in [1.54, 1.807) is 26.8 Å². The number of nitrogens with one attached hydrogen (secondary N) is 1. The number of nitro benzene ring substituents is 1. The van der Waals surface area contributed by atoms with Crippen LogP contribution in [0.5, 0.6) is 0 Å². The van der Waals surface area contributed by atoms with Crippen molar-refractivity contribution in [3.8, 4) is 0 Å². The maximum absolute atomic E-state index is 12.0. The molecule has 0 aliphatic rings. The zero-order valence-corrected chi connectivity index (χ0v) is 11.3. The lowest BCUT2D eigenvalue weighted by molar-refractivity contribution is -0.385. The number of nitrogens with zero attached hydrogens (tertiary/aromatic N) is 1. The molecule has 0 bridgehead atoms. The fourth-order valence-corrected chi connectivity index (χ4v) is 1.48. The monoisotopic (exact) mass is 266 g/mol. The summed E-state index contributed by atoms with van der Waals surface area (Å²) >= 11 is 0. The fourth-order valence-electron chi connectivity index (χ4n) is 1.48. The van der Waals surface area contributed by atoms with Crippen molar-refractivity contribution in [3.63, 3.8) is 0 Å². The highest BCUT2D eigenvalue weighted by Crippen LogP contribution is 2.20. The number of benzene rings is 1. The van der Waals surface area contributed by atoms with Crippen LogP contribution in [0.2, 0.25) is 0 Å². The Hall–Kier alpha value is -1.95. The SMILES string of the molecule is CCC(C)(O)CNC(=O)c1cc(C)ccc1[N+](=O)[O-]. The van der Waals surface area contributed by atoms with Crippen LogP contribution < -0.4 is 5.32 Å². The summed E-state index contributed by atoms with van der Waals surface area (Å²) in [5, 5.41) is 23.2. The van der Waals surface area contributed by atoms with Gasteiger partial charge in [-0.3, -0.25) is 14.9 Å². The van der Waals surface area contributed by atoms with Gasteiger partial charge in [-0.15, -0.1) is 0 Å². The molecular weight excluding hydrogens is 248 g/mol. The van der Waals surface area contributed by atoms with Crippen LogP contribution in [0.3, 0.4) is 0 Å². The average Bonchev–Trinajstić information content (AvgIpc) is 2.35. The molecule has 1 unspecified atom stereocenters. The normalized spacial score (nSPS) is 13.7. The third kappa shape index (κ3) is 4.03. The van der Waals surface area contributed by atoms with Gasteiger partial charge in [0.1, 0.15) is 5.56 Å². The van der Waals surface area contributed by atoms with E-state index in [0.29, 0.717) is 6.42 Å². The van der Waals surface area contributed by atoms with E-state index >= 15 is 0 Å². The van der Waals surface area contributed by atoms with Crippen LogP contribution in [0.15, 0.2) is 18.2 Å². The number of rotatable bonds is 5. The molecule has 0 aliphatic heterocycles. The molecule has 0 saturated heterocycles. The van der Waals surface area contributed by atoms with Crippen molar-refractivity contribution in [2.75, 3.05) is 6.54 Å². The van der Waals surface area contributed by atoms with Crippen molar-refractivity contribution in [2.24, 2.45) is 0 Å². The topological polar surface area (TPSA) is 92.5 Å². The molecule has 19 heavy (non-hydrogen) atoms. The molecule has 0 aliphatic carbocycles. The third-order valence-corrected chi connectivity index (χ3v) is 2.98. The van der Waals surface area contributed by atoms with Crippen molar-refractivity contribution in [2.45, 2.75) is 32.8 Å². The van der Waals surface area contributed by atoms with Crippen LogP contribution in [0.25, 0.3) is 0 Å². The molecular formula is C13H18N2O4. The second-order valence-electron chi connectivity index (χ2n) is 4.81. The van der Waals surface area contributed by atoms with E-state index in [9.17, 15) is 20.0 Å². The smallest absolute Gasteiger partial charge is 0.282 e. The maximum atomic E-state index is 12.0. The van der Waals surface area contributed by atoms with Crippen LogP contribution in [-0.2, 0) is 0 Å². The lowest BCUT2D eigenvalue weighted by Gasteiger charge is -2.21. The number of nitro groups is 1. The van der Waals surface area contributed by atoms with Crippen molar-refractivity contribution in [1.82, 2.24) is 5.32 Å². The minimum atomic E-state index is -1.02. The van der Waals surface area contributed by atoms with Gasteiger partial charge in [0.2, 0.25) is 0 Å². The Morgan fingerprint density at radius 2 is 2.16 bits per heavy atom. The first-order valence-corrected chi connectivity index (χ1v) is 6.02. The van der Waals surface area contributed by atoms with Gasteiger partial charge in [-0.1, -0.05) is 13.0 Å². The number of carbonyl (C=O) groups excluding carboxylic acids is 1. The largest absolute Gasteiger partial charge is 0.388 e. The summed E-state index contributed by atoms with van der Waals surface area (Å²) in [6.07, 6.45) is 0.475. The van der Waals surface area contributed by atoms with Gasteiger partial charge < -0.3 is 10.4 Å². The first-order valence-electron chi connectivity index (χ1n) is 6.02. The second kappa shape index (κ2) is 5.79. The molecule has 1 rings (SSSR count). The van der Waals surface area contributed by atoms with E-state index in [1.807, 2.05) is 0 Å². The fraction of sp³-hybridized carbons (Fsp3) is 0.462. The van der Waals surface area contributed by atoms with Gasteiger partial charge in [-0.2, -0.15) is 0 Å². The quantitative estimate of drug-likeness (QED) is 0.627. The molecule has 0 radical (unpaired) electrons. The minimum absolute atomic E-state index is 0.0110. The molecule has 0 saturated carbocycles. The van der Waals surface area contributed by atoms with E-state index in [4.69, 9.17) is 0 Å². The third-order valence-electron chi connectivity index (χ3n) is 2.98. The number of carbonyl (C=O) groups is 1. The Bertz CT molecular complexity index is 497. The van der Waals surface area contributed by atoms with E-state index in [2.05, 4.69) is 5.32 Å². The lowest BCUT2D eigenvalue weighted by atomic mass is 10.0. The van der Waals surface area contributed by atoms with Gasteiger partial charge in [0.25, 0.3) is 11.6 Å². The zero-order chi connectivity index (χ0) is 14.6. The molecule has 6 nitrogen and oxygen atoms in total. The predicted octanol–water partition coefficient (Wildman–Crippen LogP) is 1.79. The zero-order valence-electron chi connectivity index (χ0n) is 11.3. The van der Waals surface area contributed by atoms with Gasteiger partial charge in [0, 0.05) is 12.6 Å². The summed E-state index contributed by atoms with van der Waals surface area (Å²) in [6.45, 7) is 5.19. The van der Waals surface area contributed by atoms with E-state index < -0.39 is 16.4 Å². The molecule has 104 valence electrons. The molecule has 0 heterocycles. The first-order chi connectivity index (χ1) is 8.76. The van der Waals surface area contributed by atoms with Gasteiger partial charge in [-0.25, -0.2) is 0 Å². The average molecular weight is 266 g/mol. The Balaban J connectivity index is 2.93. The molecule has 6 heteroatoms. The molecule has 1 atom stereocenters. The summed E-state index contributed by atoms with van der Waals surface area (Å²) in [6, 6.07) is 4.35. The summed E-state index contributed by atoms with van der Waals surface area (Å²) in [4.78, 5) is 22.2. The summed E-state index contributed by atoms with van der Waals surface area (Å²) in [7, 11) is 0. The lowest BCUT2D eigenvalue weighted by Crippen LogP contribution is -2.40. The Morgan fingerprint density at radius 3 is 2.68 bits per heavy atom. The van der Waals surface area contributed by atoms with E-state index in [1.165, 1.54) is 12.1 Å². The van der Waals surface area contributed by atoms with E-state index in [-0.39, 0.29) is 17.8 Å². The van der Waals surface area contributed by atoms with Crippen LogP contribution in [0.1, 0.15) is 36.2 Å². The van der Waals surface area contributed by atoms with Crippen LogP contribution in [0.4, 0.5) is 5.69 Å². The Labute approximate surface area is 111 Å². The van der Waals surface area contributed by atoms with E-state index in [0.717, 1.165) is 5.56 Å². The highest BCUT2D eigenvalue weighted by Gasteiger charge is 2.23. The molecule has 1 aromatic carbocycles. The minimum Gasteiger partial charge on any atom is -0.388 e. The second-order valence-corrected chi connectivity index (χ2v) is 4.81. The van der Waals surface area contributed by atoms with Crippen LogP contribution >= 0.6 is 0 Å². The molecule has 1 aromatic rings. The van der Waals surface area contributed by atoms with Crippen molar-refractivity contribution in [1.29, 1.82) is 0 Å². The van der Waals surface area contributed by atoms with Crippen LogP contribution in [0, 0.1) is 17.0 Å². The van der Waals surface area contributed by atoms with Crippen LogP contribution in [-0.4, -0.2) is 28.1 Å². The number of aryl methyl sites for hydroxylation is 1. The van der Waals surface area contributed by atoms with Gasteiger partial charge in [-0.05, 0) is 31.9 Å². The maximum Gasteiger partial charge on any atom is 0.282 e. The van der Waals surface area contributed by atoms with Gasteiger partial charge in [0.05, 0.1) is 10.5 Å². The predicted molar refractivity (Wildman–Crippen MR) is 71.1 cm³/mol. The number of hydrogen-bond donors (Lipinski definition) is 2. The Morgan fingerprint density at radius 1 is 1.53 bits per heavy atom. The number of hydrogen-bond acceptors (Lipinski definition) is 4. The first kappa shape index (κ1) is 15.1. The number of amides is 1. The molecule has 0 spiro atoms. The number of aliphatic hydroxyl groups is 1. The highest BCUT2D eigenvalue weighted by molar-refractivity contribution is 5.98. The molecule has 1 amide bonds. The standard InChI is InChI=1S/C13H18N2O4/c1-4-13(3,17)8-14-12(16)10-7-9(2)5-6-11(10)15(18)19/h5-7,17H,4,8H2,1-3H3,(H,14,16). The summed E-state index contributed by atoms with van der Waals surface area (Å²) in [5.74, 6) is -0.552. The summed E-state index contributed by atoms with van der Waals surface area (Å²) < 4.78 is 0. The summed E-state index contributed by atoms with van der Waals surface area (Å²) in [5.41, 5.74) is -0.483. The van der Waals surface area contributed by atoms with Crippen molar-refractivity contribution < 1.29 is 14.8 Å². The molecule has 0 fully saturated rings. The van der Waals surface area contributed by atoms with Crippen molar-refractivity contribution >= 4 is 11.6 Å².